The molecule has 0 saturated heterocycles. The van der Waals surface area contributed by atoms with E-state index in [1.807, 2.05) is 58.0 Å². The number of hydrogen-bond acceptors (Lipinski definition) is 8. The summed E-state index contributed by atoms with van der Waals surface area (Å²) >= 11 is 1.24. The summed E-state index contributed by atoms with van der Waals surface area (Å²) in [5.74, 6) is -0.814. The molecule has 1 aromatic heterocycles. The lowest BCUT2D eigenvalue weighted by Crippen LogP contribution is -2.42. The van der Waals surface area contributed by atoms with E-state index < -0.39 is 12.1 Å². The fraction of sp³-hybridized carbons (Fsp3) is 0.567. The highest BCUT2D eigenvalue weighted by Gasteiger charge is 2.31. The van der Waals surface area contributed by atoms with Gasteiger partial charge in [-0.2, -0.15) is 0 Å². The third kappa shape index (κ3) is 10.7. The van der Waals surface area contributed by atoms with Gasteiger partial charge in [0.1, 0.15) is 10.7 Å². The smallest absolute Gasteiger partial charge is 0.305 e. The number of ether oxygens (including phenoxy) is 2. The Hall–Kier alpha value is -3.27. The SMILES string of the molecule is COC(=O)CCC(Cc1ccccc1)NC(=O)c1csc(C(CC(C(C)C)N(C)C(=O)CC(C)C)OC(C)=O)n1. The van der Waals surface area contributed by atoms with Crippen LogP contribution in [0.1, 0.15) is 87.5 Å². The van der Waals surface area contributed by atoms with Crippen LogP contribution in [0.25, 0.3) is 0 Å². The molecule has 1 heterocycles. The standard InChI is InChI=1S/C30H43N3O6S/c1-19(2)15-27(35)33(6)25(20(3)4)17-26(39-21(5)34)30-32-24(18-40-30)29(37)31-23(13-14-28(36)38-7)16-22-11-9-8-10-12-22/h8-12,18-20,23,25-26H,13-17H2,1-7H3,(H,31,37). The molecule has 40 heavy (non-hydrogen) atoms. The largest absolute Gasteiger partial charge is 0.469 e. The summed E-state index contributed by atoms with van der Waals surface area (Å²) in [7, 11) is 3.12. The Labute approximate surface area is 241 Å². The highest BCUT2D eigenvalue weighted by molar-refractivity contribution is 7.09. The van der Waals surface area contributed by atoms with Gasteiger partial charge in [0, 0.05) is 50.7 Å². The first-order valence-electron chi connectivity index (χ1n) is 13.7. The molecule has 0 radical (unpaired) electrons. The lowest BCUT2D eigenvalue weighted by atomic mass is 9.95. The second-order valence-electron chi connectivity index (χ2n) is 10.8. The van der Waals surface area contributed by atoms with Crippen molar-refractivity contribution in [3.8, 4) is 0 Å². The number of esters is 2. The molecular formula is C30H43N3O6S. The van der Waals surface area contributed by atoms with Crippen LogP contribution in [0.15, 0.2) is 35.7 Å². The van der Waals surface area contributed by atoms with Crippen LogP contribution < -0.4 is 5.32 Å². The molecule has 0 aliphatic heterocycles. The van der Waals surface area contributed by atoms with Gasteiger partial charge < -0.3 is 19.7 Å². The number of carbonyl (C=O) groups is 4. The molecule has 0 aliphatic carbocycles. The van der Waals surface area contributed by atoms with Gasteiger partial charge in [-0.15, -0.1) is 11.3 Å². The van der Waals surface area contributed by atoms with E-state index in [9.17, 15) is 19.2 Å². The van der Waals surface area contributed by atoms with Crippen LogP contribution in [-0.2, 0) is 30.3 Å². The fourth-order valence-electron chi connectivity index (χ4n) is 4.49. The number of rotatable bonds is 15. The van der Waals surface area contributed by atoms with Crippen molar-refractivity contribution in [1.82, 2.24) is 15.2 Å². The van der Waals surface area contributed by atoms with Gasteiger partial charge in [-0.1, -0.05) is 58.0 Å². The maximum atomic E-state index is 13.2. The lowest BCUT2D eigenvalue weighted by Gasteiger charge is -2.34. The molecule has 2 rings (SSSR count). The maximum absolute atomic E-state index is 13.2. The van der Waals surface area contributed by atoms with E-state index in [0.717, 1.165) is 5.56 Å². The summed E-state index contributed by atoms with van der Waals surface area (Å²) in [5, 5.41) is 5.13. The number of benzene rings is 1. The van der Waals surface area contributed by atoms with E-state index in [1.165, 1.54) is 25.4 Å². The highest BCUT2D eigenvalue weighted by Crippen LogP contribution is 2.30. The molecule has 220 valence electrons. The average Bonchev–Trinajstić information content (AvgIpc) is 3.39. The highest BCUT2D eigenvalue weighted by atomic mass is 32.1. The number of aromatic nitrogens is 1. The van der Waals surface area contributed by atoms with Gasteiger partial charge in [-0.05, 0) is 30.2 Å². The van der Waals surface area contributed by atoms with E-state index in [1.54, 1.807) is 17.3 Å². The van der Waals surface area contributed by atoms with Crippen LogP contribution in [0, 0.1) is 11.8 Å². The molecule has 3 atom stereocenters. The van der Waals surface area contributed by atoms with Crippen molar-refractivity contribution in [3.05, 3.63) is 52.0 Å². The van der Waals surface area contributed by atoms with Gasteiger partial charge in [-0.3, -0.25) is 19.2 Å². The second-order valence-corrected chi connectivity index (χ2v) is 11.7. The summed E-state index contributed by atoms with van der Waals surface area (Å²) in [4.78, 5) is 56.0. The quantitative estimate of drug-likeness (QED) is 0.300. The number of carbonyl (C=O) groups excluding carboxylic acids is 4. The molecule has 0 fully saturated rings. The minimum Gasteiger partial charge on any atom is -0.469 e. The van der Waals surface area contributed by atoms with E-state index in [0.29, 0.717) is 30.7 Å². The van der Waals surface area contributed by atoms with Crippen LogP contribution in [0.3, 0.4) is 0 Å². The van der Waals surface area contributed by atoms with Crippen molar-refractivity contribution in [2.24, 2.45) is 11.8 Å². The second kappa shape index (κ2) is 16.1. The minimum atomic E-state index is -0.704. The molecule has 0 aliphatic rings. The van der Waals surface area contributed by atoms with Crippen LogP contribution in [-0.4, -0.2) is 59.9 Å². The maximum Gasteiger partial charge on any atom is 0.305 e. The summed E-state index contributed by atoms with van der Waals surface area (Å²) < 4.78 is 10.4. The molecule has 10 heteroatoms. The monoisotopic (exact) mass is 573 g/mol. The molecule has 2 aromatic rings. The molecule has 0 saturated carbocycles. The zero-order valence-corrected chi connectivity index (χ0v) is 25.5. The summed E-state index contributed by atoms with van der Waals surface area (Å²) in [6.07, 6.45) is 1.22. The fourth-order valence-corrected chi connectivity index (χ4v) is 5.33. The van der Waals surface area contributed by atoms with E-state index in [-0.39, 0.29) is 53.8 Å². The van der Waals surface area contributed by atoms with Crippen LogP contribution >= 0.6 is 11.3 Å². The van der Waals surface area contributed by atoms with Gasteiger partial charge in [-0.25, -0.2) is 4.98 Å². The molecule has 1 N–H and O–H groups in total. The molecule has 1 aromatic carbocycles. The third-order valence-electron chi connectivity index (χ3n) is 6.62. The Kier molecular flexibility index (Phi) is 13.3. The number of thiazole rings is 1. The van der Waals surface area contributed by atoms with E-state index in [4.69, 9.17) is 9.47 Å². The van der Waals surface area contributed by atoms with Crippen LogP contribution in [0.5, 0.6) is 0 Å². The Balaban J connectivity index is 2.22. The lowest BCUT2D eigenvalue weighted by molar-refractivity contribution is -0.148. The van der Waals surface area contributed by atoms with Gasteiger partial charge in [0.15, 0.2) is 6.10 Å². The average molecular weight is 574 g/mol. The summed E-state index contributed by atoms with van der Waals surface area (Å²) in [6, 6.07) is 9.21. The first-order valence-corrected chi connectivity index (χ1v) is 14.6. The van der Waals surface area contributed by atoms with Crippen molar-refractivity contribution >= 4 is 35.1 Å². The zero-order valence-electron chi connectivity index (χ0n) is 24.6. The van der Waals surface area contributed by atoms with Gasteiger partial charge in [0.2, 0.25) is 5.91 Å². The molecule has 0 bridgehead atoms. The summed E-state index contributed by atoms with van der Waals surface area (Å²) in [6.45, 7) is 9.38. The number of nitrogens with one attached hydrogen (secondary N) is 1. The molecular weight excluding hydrogens is 530 g/mol. The number of amides is 2. The normalized spacial score (nSPS) is 13.4. The molecule has 2 amide bonds. The molecule has 0 spiro atoms. The predicted octanol–water partition coefficient (Wildman–Crippen LogP) is 4.96. The minimum absolute atomic E-state index is 0.0332. The van der Waals surface area contributed by atoms with Crippen molar-refractivity contribution in [3.63, 3.8) is 0 Å². The van der Waals surface area contributed by atoms with Crippen molar-refractivity contribution in [2.75, 3.05) is 14.2 Å². The predicted molar refractivity (Wildman–Crippen MR) is 155 cm³/mol. The Bertz CT molecular complexity index is 1120. The number of hydrogen-bond donors (Lipinski definition) is 1. The van der Waals surface area contributed by atoms with Crippen molar-refractivity contribution < 1.29 is 28.7 Å². The van der Waals surface area contributed by atoms with E-state index >= 15 is 0 Å². The van der Waals surface area contributed by atoms with Crippen molar-refractivity contribution in [1.29, 1.82) is 0 Å². The van der Waals surface area contributed by atoms with Crippen LogP contribution in [0.2, 0.25) is 0 Å². The van der Waals surface area contributed by atoms with Gasteiger partial charge >= 0.3 is 11.9 Å². The Morgan fingerprint density at radius 3 is 2.33 bits per heavy atom. The number of nitrogens with zero attached hydrogens (tertiary/aromatic N) is 2. The van der Waals surface area contributed by atoms with Gasteiger partial charge in [0.25, 0.3) is 5.91 Å². The van der Waals surface area contributed by atoms with E-state index in [2.05, 4.69) is 10.3 Å². The first kappa shape index (κ1) is 32.9. The third-order valence-corrected chi connectivity index (χ3v) is 7.56. The topological polar surface area (TPSA) is 115 Å². The Morgan fingerprint density at radius 1 is 1.07 bits per heavy atom. The zero-order chi connectivity index (χ0) is 29.8. The molecule has 3 unspecified atom stereocenters. The molecule has 9 nitrogen and oxygen atoms in total. The van der Waals surface area contributed by atoms with Crippen LogP contribution in [0.4, 0.5) is 0 Å². The number of methoxy groups -OCH3 is 1. The summed E-state index contributed by atoms with van der Waals surface area (Å²) in [5.41, 5.74) is 1.24. The van der Waals surface area contributed by atoms with Crippen molar-refractivity contribution in [2.45, 2.75) is 84.9 Å². The van der Waals surface area contributed by atoms with Gasteiger partial charge in [0.05, 0.1) is 7.11 Å². The Morgan fingerprint density at radius 2 is 1.75 bits per heavy atom. The first-order chi connectivity index (χ1) is 18.9.